The van der Waals surface area contributed by atoms with Gasteiger partial charge in [0.2, 0.25) is 0 Å². The normalized spacial score (nSPS) is 30.0. The maximum absolute atomic E-state index is 2.37. The molecule has 0 aromatic rings. The van der Waals surface area contributed by atoms with Crippen LogP contribution >= 0.6 is 0 Å². The molecule has 0 aromatic carbocycles. The number of hydrogen-bond donors (Lipinski definition) is 0. The maximum Gasteiger partial charge on any atom is -0.0437 e. The summed E-state index contributed by atoms with van der Waals surface area (Å²) in [6.45, 7) is 9.30. The molecule has 1 rings (SSSR count). The molecule has 0 nitrogen and oxygen atoms in total. The highest BCUT2D eigenvalue weighted by Gasteiger charge is 2.29. The summed E-state index contributed by atoms with van der Waals surface area (Å²) in [5.74, 6) is 4.64. The summed E-state index contributed by atoms with van der Waals surface area (Å²) in [6.07, 6.45) is 4.22. The molecule has 2 atom stereocenters. The summed E-state index contributed by atoms with van der Waals surface area (Å²) in [6, 6.07) is 0. The molecule has 0 heteroatoms. The van der Waals surface area contributed by atoms with Crippen molar-refractivity contribution in [2.75, 3.05) is 0 Å². The number of rotatable bonds is 4. The zero-order valence-corrected chi connectivity index (χ0v) is 8.35. The van der Waals surface area contributed by atoms with Crippen molar-refractivity contribution < 1.29 is 0 Å². The number of hydrogen-bond acceptors (Lipinski definition) is 0. The lowest BCUT2D eigenvalue weighted by Gasteiger charge is -2.26. The fourth-order valence-corrected chi connectivity index (χ4v) is 1.91. The Labute approximate surface area is 71.4 Å². The lowest BCUT2D eigenvalue weighted by molar-refractivity contribution is 0.545. The van der Waals surface area contributed by atoms with E-state index in [4.69, 9.17) is 0 Å². The largest absolute Gasteiger partial charge is 0.316 e. The highest BCUT2D eigenvalue weighted by atomic mass is 14.4. The maximum atomic E-state index is 2.37. The predicted octanol–water partition coefficient (Wildman–Crippen LogP) is 3.67. The fourth-order valence-electron chi connectivity index (χ4n) is 1.91. The van der Waals surface area contributed by atoms with E-state index in [-0.39, 0.29) is 0 Å². The molecule has 0 radical (unpaired) electrons. The van der Waals surface area contributed by atoms with Crippen LogP contribution in [0.3, 0.4) is 0 Å². The van der Waals surface area contributed by atoms with Crippen molar-refractivity contribution in [3.05, 3.63) is 5.92 Å². The van der Waals surface area contributed by atoms with Crippen LogP contribution in [0.4, 0.5) is 0 Å². The molecule has 0 bridgehead atoms. The Hall–Kier alpha value is 0. The van der Waals surface area contributed by atoms with Crippen LogP contribution in [-0.2, 0) is 0 Å². The van der Waals surface area contributed by atoms with Crippen molar-refractivity contribution in [2.24, 2.45) is 17.8 Å². The third kappa shape index (κ3) is 3.27. The van der Waals surface area contributed by atoms with Crippen LogP contribution in [0.1, 0.15) is 47.0 Å². The van der Waals surface area contributed by atoms with E-state index in [2.05, 4.69) is 27.7 Å². The van der Waals surface area contributed by atoms with E-state index in [1.165, 1.54) is 19.3 Å². The van der Waals surface area contributed by atoms with Gasteiger partial charge >= 0.3 is 0 Å². The summed E-state index contributed by atoms with van der Waals surface area (Å²) in [5.41, 5.74) is 0. The molecule has 66 valence electrons. The minimum Gasteiger partial charge on any atom is -0.316 e. The Morgan fingerprint density at radius 2 is 2.00 bits per heavy atom. The van der Waals surface area contributed by atoms with Gasteiger partial charge in [-0.1, -0.05) is 32.6 Å². The molecule has 0 N–H and O–H groups in total. The van der Waals surface area contributed by atoms with E-state index in [1.54, 1.807) is 5.92 Å². The third-order valence-electron chi connectivity index (χ3n) is 2.64. The molecule has 2 unspecified atom stereocenters. The Bertz CT molecular complexity index is 115. The van der Waals surface area contributed by atoms with Crippen LogP contribution in [0, 0.1) is 23.7 Å². The first kappa shape index (κ1) is 9.09. The molecule has 0 aliphatic heterocycles. The molecule has 11 heavy (non-hydrogen) atoms. The first-order valence-corrected chi connectivity index (χ1v) is 4.91. The second-order valence-corrected chi connectivity index (χ2v) is 4.73. The van der Waals surface area contributed by atoms with Gasteiger partial charge < -0.3 is 5.92 Å². The summed E-state index contributed by atoms with van der Waals surface area (Å²) < 4.78 is 0. The third-order valence-corrected chi connectivity index (χ3v) is 2.64. The molecule has 1 aliphatic carbocycles. The molecule has 0 aromatic heterocycles. The van der Waals surface area contributed by atoms with E-state index >= 15 is 0 Å². The van der Waals surface area contributed by atoms with Crippen molar-refractivity contribution in [3.63, 3.8) is 0 Å². The lowest BCUT2D eigenvalue weighted by atomic mass is 9.94. The smallest absolute Gasteiger partial charge is 0.0437 e. The first-order valence-electron chi connectivity index (χ1n) is 4.91. The summed E-state index contributed by atoms with van der Waals surface area (Å²) in [4.78, 5) is 0. The molecule has 1 saturated carbocycles. The average Bonchev–Trinajstić information content (AvgIpc) is 2.43. The fraction of sp³-hybridized carbons (Fsp3) is 0.909. The van der Waals surface area contributed by atoms with Gasteiger partial charge in [-0.3, -0.25) is 0 Å². The average molecular weight is 153 g/mol. The Kier molecular flexibility index (Phi) is 2.98. The van der Waals surface area contributed by atoms with Crippen LogP contribution in [-0.4, -0.2) is 0 Å². The summed E-state index contributed by atoms with van der Waals surface area (Å²) >= 11 is 0. The van der Waals surface area contributed by atoms with E-state index in [9.17, 15) is 0 Å². The predicted molar refractivity (Wildman–Crippen MR) is 50.3 cm³/mol. The molecular weight excluding hydrogens is 132 g/mol. The van der Waals surface area contributed by atoms with Gasteiger partial charge in [-0.25, -0.2) is 0 Å². The van der Waals surface area contributed by atoms with Crippen molar-refractivity contribution in [2.45, 2.75) is 47.0 Å². The molecular formula is C11H21-. The zero-order chi connectivity index (χ0) is 8.43. The van der Waals surface area contributed by atoms with Crippen LogP contribution < -0.4 is 0 Å². The lowest BCUT2D eigenvalue weighted by Crippen LogP contribution is -1.99. The van der Waals surface area contributed by atoms with Gasteiger partial charge in [0.05, 0.1) is 0 Å². The highest BCUT2D eigenvalue weighted by molar-refractivity contribution is 4.94. The summed E-state index contributed by atoms with van der Waals surface area (Å²) in [7, 11) is 0. The molecule has 0 spiro atoms. The second-order valence-electron chi connectivity index (χ2n) is 4.73. The second kappa shape index (κ2) is 3.60. The van der Waals surface area contributed by atoms with Crippen LogP contribution in [0.2, 0.25) is 0 Å². The van der Waals surface area contributed by atoms with Gasteiger partial charge in [-0.2, -0.15) is 19.8 Å². The minimum atomic E-state index is 0.851. The monoisotopic (exact) mass is 153 g/mol. The zero-order valence-electron chi connectivity index (χ0n) is 8.35. The van der Waals surface area contributed by atoms with Gasteiger partial charge in [-0.15, -0.1) is 0 Å². The van der Waals surface area contributed by atoms with E-state index < -0.39 is 0 Å². The molecule has 1 aliphatic rings. The minimum absolute atomic E-state index is 0.851. The SMILES string of the molecule is C[C-](CC(C)C)CC1CC1C. The van der Waals surface area contributed by atoms with Gasteiger partial charge in [-0.05, 0) is 12.3 Å². The Morgan fingerprint density at radius 1 is 1.45 bits per heavy atom. The van der Waals surface area contributed by atoms with Gasteiger partial charge in [0.25, 0.3) is 0 Å². The van der Waals surface area contributed by atoms with Crippen LogP contribution in [0.15, 0.2) is 0 Å². The topological polar surface area (TPSA) is 0 Å². The summed E-state index contributed by atoms with van der Waals surface area (Å²) in [5, 5.41) is 0. The molecule has 0 saturated heterocycles. The Morgan fingerprint density at radius 3 is 2.36 bits per heavy atom. The van der Waals surface area contributed by atoms with Gasteiger partial charge in [0.15, 0.2) is 0 Å². The van der Waals surface area contributed by atoms with E-state index in [1.807, 2.05) is 0 Å². The highest BCUT2D eigenvalue weighted by Crippen LogP contribution is 2.43. The van der Waals surface area contributed by atoms with E-state index in [0.29, 0.717) is 0 Å². The quantitative estimate of drug-likeness (QED) is 0.540. The van der Waals surface area contributed by atoms with Gasteiger partial charge in [0.1, 0.15) is 0 Å². The first-order chi connectivity index (χ1) is 5.09. The van der Waals surface area contributed by atoms with Crippen molar-refractivity contribution in [1.29, 1.82) is 0 Å². The molecule has 1 fully saturated rings. The van der Waals surface area contributed by atoms with Gasteiger partial charge in [0, 0.05) is 0 Å². The van der Waals surface area contributed by atoms with E-state index in [0.717, 1.165) is 17.8 Å². The molecule has 0 heterocycles. The van der Waals surface area contributed by atoms with Crippen LogP contribution in [0.25, 0.3) is 0 Å². The van der Waals surface area contributed by atoms with Crippen molar-refractivity contribution >= 4 is 0 Å². The standard InChI is InChI=1S/C11H21/c1-8(2)5-9(3)6-11-7-10(11)4/h8,10-11H,5-7H2,1-4H3/q-1. The Balaban J connectivity index is 2.06. The van der Waals surface area contributed by atoms with Crippen molar-refractivity contribution in [3.8, 4) is 0 Å². The van der Waals surface area contributed by atoms with Crippen LogP contribution in [0.5, 0.6) is 0 Å². The molecule has 0 amide bonds. The van der Waals surface area contributed by atoms with Crippen molar-refractivity contribution in [1.82, 2.24) is 0 Å².